The van der Waals surface area contributed by atoms with E-state index in [-0.39, 0.29) is 0 Å². The van der Waals surface area contributed by atoms with Gasteiger partial charge in [0.05, 0.1) is 12.7 Å². The van der Waals surface area contributed by atoms with Gasteiger partial charge in [0.25, 0.3) is 0 Å². The Hall–Kier alpha value is -0.0800. The minimum absolute atomic E-state index is 0.351. The molecule has 0 saturated heterocycles. The summed E-state index contributed by atoms with van der Waals surface area (Å²) < 4.78 is 5.71. The van der Waals surface area contributed by atoms with Crippen LogP contribution in [0, 0.1) is 11.8 Å². The van der Waals surface area contributed by atoms with Gasteiger partial charge in [-0.15, -0.1) is 0 Å². The van der Waals surface area contributed by atoms with Crippen LogP contribution in [0.25, 0.3) is 0 Å². The Kier molecular flexibility index (Phi) is 5.62. The van der Waals surface area contributed by atoms with Crippen LogP contribution in [0.1, 0.15) is 46.5 Å². The van der Waals surface area contributed by atoms with Crippen LogP contribution in [-0.2, 0) is 4.74 Å². The average molecular weight is 213 g/mol. The number of hydrogen-bond donors (Lipinski definition) is 1. The van der Waals surface area contributed by atoms with Gasteiger partial charge in [-0.1, -0.05) is 19.8 Å². The van der Waals surface area contributed by atoms with Crippen LogP contribution in [0.15, 0.2) is 0 Å². The number of nitrogens with one attached hydrogen (secondary N) is 1. The monoisotopic (exact) mass is 213 g/mol. The summed E-state index contributed by atoms with van der Waals surface area (Å²) >= 11 is 0. The summed E-state index contributed by atoms with van der Waals surface area (Å²) in [7, 11) is 2.06. The summed E-state index contributed by atoms with van der Waals surface area (Å²) in [6, 6.07) is 0.559. The molecule has 0 amide bonds. The minimum atomic E-state index is 0.351. The molecule has 3 atom stereocenters. The Morgan fingerprint density at radius 1 is 1.33 bits per heavy atom. The quantitative estimate of drug-likeness (QED) is 0.732. The molecule has 2 nitrogen and oxygen atoms in total. The molecule has 0 aromatic rings. The Balaban J connectivity index is 2.32. The van der Waals surface area contributed by atoms with Crippen molar-refractivity contribution in [3.63, 3.8) is 0 Å². The number of likely N-dealkylation sites (N-methyl/N-ethyl adjacent to an activating group) is 1. The van der Waals surface area contributed by atoms with E-state index in [2.05, 4.69) is 33.1 Å². The molecule has 2 heteroatoms. The molecular weight excluding hydrogens is 186 g/mol. The third-order valence-corrected chi connectivity index (χ3v) is 3.71. The van der Waals surface area contributed by atoms with Crippen LogP contribution in [0.3, 0.4) is 0 Å². The van der Waals surface area contributed by atoms with Crippen molar-refractivity contribution in [2.75, 3.05) is 13.7 Å². The lowest BCUT2D eigenvalue weighted by Gasteiger charge is -2.24. The van der Waals surface area contributed by atoms with Crippen LogP contribution < -0.4 is 5.32 Å². The van der Waals surface area contributed by atoms with E-state index in [0.29, 0.717) is 12.1 Å². The van der Waals surface area contributed by atoms with E-state index in [1.165, 1.54) is 25.7 Å². The van der Waals surface area contributed by atoms with Crippen LogP contribution in [0.2, 0.25) is 0 Å². The highest BCUT2D eigenvalue weighted by Crippen LogP contribution is 2.34. The van der Waals surface area contributed by atoms with E-state index < -0.39 is 0 Å². The van der Waals surface area contributed by atoms with Crippen LogP contribution in [0.4, 0.5) is 0 Å². The molecule has 3 unspecified atom stereocenters. The van der Waals surface area contributed by atoms with Crippen molar-refractivity contribution in [2.24, 2.45) is 11.8 Å². The Morgan fingerprint density at radius 2 is 2.07 bits per heavy atom. The second-order valence-corrected chi connectivity index (χ2v) is 5.12. The molecule has 15 heavy (non-hydrogen) atoms. The molecule has 0 aromatic carbocycles. The number of rotatable bonds is 6. The lowest BCUT2D eigenvalue weighted by atomic mass is 9.96. The van der Waals surface area contributed by atoms with Crippen LogP contribution in [0.5, 0.6) is 0 Å². The molecule has 1 aliphatic rings. The van der Waals surface area contributed by atoms with Gasteiger partial charge in [-0.05, 0) is 45.6 Å². The molecule has 0 aliphatic heterocycles. The van der Waals surface area contributed by atoms with Gasteiger partial charge >= 0.3 is 0 Å². The zero-order valence-corrected chi connectivity index (χ0v) is 10.8. The molecule has 0 heterocycles. The zero-order chi connectivity index (χ0) is 11.3. The van der Waals surface area contributed by atoms with Gasteiger partial charge in [0.1, 0.15) is 0 Å². The van der Waals surface area contributed by atoms with Crippen molar-refractivity contribution in [2.45, 2.75) is 58.6 Å². The first kappa shape index (κ1) is 13.0. The van der Waals surface area contributed by atoms with Crippen molar-refractivity contribution in [1.82, 2.24) is 5.32 Å². The predicted octanol–water partition coefficient (Wildman–Crippen LogP) is 2.83. The number of hydrogen-bond acceptors (Lipinski definition) is 2. The zero-order valence-electron chi connectivity index (χ0n) is 10.8. The minimum Gasteiger partial charge on any atom is -0.377 e. The van der Waals surface area contributed by atoms with Gasteiger partial charge in [0, 0.05) is 6.04 Å². The van der Waals surface area contributed by atoms with Gasteiger partial charge < -0.3 is 10.1 Å². The van der Waals surface area contributed by atoms with E-state index in [1.54, 1.807) is 0 Å². The second kappa shape index (κ2) is 6.49. The first-order valence-corrected chi connectivity index (χ1v) is 6.46. The van der Waals surface area contributed by atoms with Crippen molar-refractivity contribution in [1.29, 1.82) is 0 Å². The van der Waals surface area contributed by atoms with Gasteiger partial charge in [-0.3, -0.25) is 0 Å². The largest absolute Gasteiger partial charge is 0.377 e. The SMILES string of the molecule is CCC1CCC(C(COC(C)C)NC)C1. The fraction of sp³-hybridized carbons (Fsp3) is 1.00. The standard InChI is InChI=1S/C13H27NO/c1-5-11-6-7-12(8-11)13(14-4)9-15-10(2)3/h10-14H,5-9H2,1-4H3. The van der Waals surface area contributed by atoms with Crippen molar-refractivity contribution in [3.05, 3.63) is 0 Å². The average Bonchev–Trinajstić information content (AvgIpc) is 2.67. The molecule has 1 rings (SSSR count). The molecule has 1 saturated carbocycles. The van der Waals surface area contributed by atoms with Crippen LogP contribution in [-0.4, -0.2) is 25.8 Å². The van der Waals surface area contributed by atoms with Gasteiger partial charge in [-0.2, -0.15) is 0 Å². The molecule has 90 valence electrons. The third-order valence-electron chi connectivity index (χ3n) is 3.71. The predicted molar refractivity (Wildman–Crippen MR) is 65.1 cm³/mol. The summed E-state index contributed by atoms with van der Waals surface area (Å²) in [5, 5.41) is 3.42. The van der Waals surface area contributed by atoms with Crippen molar-refractivity contribution in [3.8, 4) is 0 Å². The van der Waals surface area contributed by atoms with E-state index in [1.807, 2.05) is 0 Å². The molecule has 0 radical (unpaired) electrons. The Morgan fingerprint density at radius 3 is 2.53 bits per heavy atom. The van der Waals surface area contributed by atoms with Crippen molar-refractivity contribution >= 4 is 0 Å². The van der Waals surface area contributed by atoms with Gasteiger partial charge in [0.15, 0.2) is 0 Å². The maximum Gasteiger partial charge on any atom is 0.0625 e. The number of ether oxygens (including phenoxy) is 1. The summed E-state index contributed by atoms with van der Waals surface area (Å²) in [6.45, 7) is 7.40. The fourth-order valence-corrected chi connectivity index (χ4v) is 2.60. The maximum absolute atomic E-state index is 5.71. The third kappa shape index (κ3) is 4.12. The Bertz CT molecular complexity index is 170. The summed E-state index contributed by atoms with van der Waals surface area (Å²) in [6.07, 6.45) is 5.89. The maximum atomic E-state index is 5.71. The smallest absolute Gasteiger partial charge is 0.0625 e. The summed E-state index contributed by atoms with van der Waals surface area (Å²) in [4.78, 5) is 0. The normalized spacial score (nSPS) is 28.6. The van der Waals surface area contributed by atoms with E-state index in [4.69, 9.17) is 4.74 Å². The highest BCUT2D eigenvalue weighted by Gasteiger charge is 2.29. The molecule has 1 N–H and O–H groups in total. The summed E-state index contributed by atoms with van der Waals surface area (Å²) in [5.74, 6) is 1.79. The first-order chi connectivity index (χ1) is 7.17. The second-order valence-electron chi connectivity index (χ2n) is 5.12. The van der Waals surface area contributed by atoms with E-state index >= 15 is 0 Å². The molecular formula is C13H27NO. The highest BCUT2D eigenvalue weighted by molar-refractivity contribution is 4.83. The van der Waals surface area contributed by atoms with E-state index in [9.17, 15) is 0 Å². The van der Waals surface area contributed by atoms with Gasteiger partial charge in [-0.25, -0.2) is 0 Å². The van der Waals surface area contributed by atoms with Crippen LogP contribution >= 0.6 is 0 Å². The molecule has 0 aromatic heterocycles. The topological polar surface area (TPSA) is 21.3 Å². The summed E-state index contributed by atoms with van der Waals surface area (Å²) in [5.41, 5.74) is 0. The highest BCUT2D eigenvalue weighted by atomic mass is 16.5. The van der Waals surface area contributed by atoms with E-state index in [0.717, 1.165) is 18.4 Å². The Labute approximate surface area is 94.8 Å². The lowest BCUT2D eigenvalue weighted by molar-refractivity contribution is 0.0501. The molecule has 0 bridgehead atoms. The molecule has 1 aliphatic carbocycles. The lowest BCUT2D eigenvalue weighted by Crippen LogP contribution is -2.37. The molecule has 1 fully saturated rings. The first-order valence-electron chi connectivity index (χ1n) is 6.46. The fourth-order valence-electron chi connectivity index (χ4n) is 2.60. The molecule has 0 spiro atoms. The van der Waals surface area contributed by atoms with Gasteiger partial charge in [0.2, 0.25) is 0 Å². The van der Waals surface area contributed by atoms with Crippen molar-refractivity contribution < 1.29 is 4.74 Å².